The van der Waals surface area contributed by atoms with Gasteiger partial charge in [0.2, 0.25) is 0 Å². The Morgan fingerprint density at radius 1 is 1.78 bits per heavy atom. The molecule has 0 aliphatic carbocycles. The minimum atomic E-state index is 0.0532. The molecule has 0 aromatic heterocycles. The van der Waals surface area contributed by atoms with E-state index in [1.165, 1.54) is 0 Å². The molecule has 0 bridgehead atoms. The highest BCUT2D eigenvalue weighted by molar-refractivity contribution is 7.98. The Bertz CT molecular complexity index is 77.5. The zero-order chi connectivity index (χ0) is 7.11. The van der Waals surface area contributed by atoms with Crippen LogP contribution in [0.1, 0.15) is 6.42 Å². The fraction of sp³-hybridized carbons (Fsp3) is 0.833. The van der Waals surface area contributed by atoms with Gasteiger partial charge in [-0.2, -0.15) is 11.8 Å². The van der Waals surface area contributed by atoms with Gasteiger partial charge in [0.1, 0.15) is 6.29 Å². The lowest BCUT2D eigenvalue weighted by Gasteiger charge is -2.05. The molecule has 0 amide bonds. The first-order valence-electron chi connectivity index (χ1n) is 2.96. The highest BCUT2D eigenvalue weighted by Gasteiger charge is 2.00. The molecule has 0 radical (unpaired) electrons. The first-order chi connectivity index (χ1) is 4.35. The first kappa shape index (κ1) is 8.98. The molecular weight excluding hydrogens is 134 g/mol. The highest BCUT2D eigenvalue weighted by atomic mass is 32.2. The summed E-state index contributed by atoms with van der Waals surface area (Å²) in [4.78, 5) is 10.2. The molecule has 0 aliphatic heterocycles. The second-order valence-corrected chi connectivity index (χ2v) is 2.80. The van der Waals surface area contributed by atoms with Crippen molar-refractivity contribution in [2.75, 3.05) is 19.1 Å². The molecule has 0 saturated heterocycles. The monoisotopic (exact) mass is 147 g/mol. The van der Waals surface area contributed by atoms with Crippen molar-refractivity contribution in [2.24, 2.45) is 0 Å². The predicted octanol–water partition coefficient (Wildman–Crippen LogP) is 0.526. The number of hydrogen-bond donors (Lipinski definition) is 1. The summed E-state index contributed by atoms with van der Waals surface area (Å²) in [6, 6.07) is 0.0532. The number of hydrogen-bond acceptors (Lipinski definition) is 3. The van der Waals surface area contributed by atoms with Crippen LogP contribution in [0.25, 0.3) is 0 Å². The van der Waals surface area contributed by atoms with Crippen LogP contribution in [0, 0.1) is 0 Å². The van der Waals surface area contributed by atoms with Crippen molar-refractivity contribution >= 4 is 18.0 Å². The Labute approximate surface area is 60.4 Å². The van der Waals surface area contributed by atoms with Crippen LogP contribution in [0.5, 0.6) is 0 Å². The van der Waals surface area contributed by atoms with Gasteiger partial charge in [-0.25, -0.2) is 0 Å². The summed E-state index contributed by atoms with van der Waals surface area (Å²) < 4.78 is 0. The van der Waals surface area contributed by atoms with Crippen LogP contribution in [0.3, 0.4) is 0 Å². The van der Waals surface area contributed by atoms with Crippen LogP contribution >= 0.6 is 11.8 Å². The van der Waals surface area contributed by atoms with E-state index in [2.05, 4.69) is 5.32 Å². The molecule has 0 fully saturated rings. The van der Waals surface area contributed by atoms with Gasteiger partial charge in [-0.05, 0) is 25.5 Å². The second-order valence-electron chi connectivity index (χ2n) is 1.81. The van der Waals surface area contributed by atoms with Gasteiger partial charge in [0.25, 0.3) is 0 Å². The van der Waals surface area contributed by atoms with Gasteiger partial charge in [0.05, 0.1) is 6.04 Å². The van der Waals surface area contributed by atoms with E-state index in [0.717, 1.165) is 18.5 Å². The van der Waals surface area contributed by atoms with E-state index in [1.54, 1.807) is 18.8 Å². The van der Waals surface area contributed by atoms with Crippen molar-refractivity contribution in [3.8, 4) is 0 Å². The van der Waals surface area contributed by atoms with E-state index in [1.807, 2.05) is 6.26 Å². The topological polar surface area (TPSA) is 29.1 Å². The van der Waals surface area contributed by atoms with Crippen LogP contribution in [-0.2, 0) is 4.79 Å². The van der Waals surface area contributed by atoms with Gasteiger partial charge < -0.3 is 10.1 Å². The predicted molar refractivity (Wildman–Crippen MR) is 41.9 cm³/mol. The Kier molecular flexibility index (Phi) is 6.09. The largest absolute Gasteiger partial charge is 0.311 e. The summed E-state index contributed by atoms with van der Waals surface area (Å²) in [5, 5.41) is 2.91. The van der Waals surface area contributed by atoms with Crippen LogP contribution in [0.4, 0.5) is 0 Å². The second kappa shape index (κ2) is 6.11. The molecule has 2 nitrogen and oxygen atoms in total. The van der Waals surface area contributed by atoms with Gasteiger partial charge in [0, 0.05) is 0 Å². The third-order valence-corrected chi connectivity index (χ3v) is 1.81. The Morgan fingerprint density at radius 3 is 2.78 bits per heavy atom. The van der Waals surface area contributed by atoms with Gasteiger partial charge in [-0.3, -0.25) is 0 Å². The standard InChI is InChI=1S/C6H13NOS/c1-7-6(5-8)3-4-9-2/h5-7H,3-4H2,1-2H3. The Balaban J connectivity index is 3.20. The molecule has 3 heteroatoms. The minimum Gasteiger partial charge on any atom is -0.311 e. The normalized spacial score (nSPS) is 13.1. The van der Waals surface area contributed by atoms with E-state index in [-0.39, 0.29) is 6.04 Å². The van der Waals surface area contributed by atoms with E-state index >= 15 is 0 Å². The minimum absolute atomic E-state index is 0.0532. The molecule has 0 saturated carbocycles. The van der Waals surface area contributed by atoms with Gasteiger partial charge in [-0.1, -0.05) is 0 Å². The van der Waals surface area contributed by atoms with Crippen molar-refractivity contribution in [3.63, 3.8) is 0 Å². The average molecular weight is 147 g/mol. The Morgan fingerprint density at radius 2 is 2.44 bits per heavy atom. The first-order valence-corrected chi connectivity index (χ1v) is 4.36. The summed E-state index contributed by atoms with van der Waals surface area (Å²) in [6.07, 6.45) is 3.93. The van der Waals surface area contributed by atoms with Crippen molar-refractivity contribution < 1.29 is 4.79 Å². The van der Waals surface area contributed by atoms with Crippen LogP contribution in [-0.4, -0.2) is 31.4 Å². The van der Waals surface area contributed by atoms with Crippen molar-refractivity contribution in [1.82, 2.24) is 5.32 Å². The molecule has 54 valence electrons. The van der Waals surface area contributed by atoms with Crippen molar-refractivity contribution in [1.29, 1.82) is 0 Å². The van der Waals surface area contributed by atoms with Gasteiger partial charge in [-0.15, -0.1) is 0 Å². The molecule has 9 heavy (non-hydrogen) atoms. The van der Waals surface area contributed by atoms with E-state index in [9.17, 15) is 4.79 Å². The van der Waals surface area contributed by atoms with Crippen LogP contribution < -0.4 is 5.32 Å². The van der Waals surface area contributed by atoms with Crippen LogP contribution in [0.15, 0.2) is 0 Å². The number of aldehydes is 1. The highest BCUT2D eigenvalue weighted by Crippen LogP contribution is 1.97. The fourth-order valence-electron chi connectivity index (χ4n) is 0.525. The van der Waals surface area contributed by atoms with Crippen molar-refractivity contribution in [3.05, 3.63) is 0 Å². The summed E-state index contributed by atoms with van der Waals surface area (Å²) in [5.74, 6) is 1.05. The maximum Gasteiger partial charge on any atom is 0.136 e. The lowest BCUT2D eigenvalue weighted by Crippen LogP contribution is -2.26. The molecule has 0 spiro atoms. The molecule has 1 N–H and O–H groups in total. The van der Waals surface area contributed by atoms with Gasteiger partial charge in [0.15, 0.2) is 0 Å². The van der Waals surface area contributed by atoms with Crippen LogP contribution in [0.2, 0.25) is 0 Å². The molecule has 0 aliphatic rings. The summed E-state index contributed by atoms with van der Waals surface area (Å²) in [7, 11) is 1.80. The lowest BCUT2D eigenvalue weighted by molar-refractivity contribution is -0.109. The number of rotatable bonds is 5. The number of thioether (sulfide) groups is 1. The van der Waals surface area contributed by atoms with E-state index in [4.69, 9.17) is 0 Å². The smallest absolute Gasteiger partial charge is 0.136 e. The number of carbonyl (C=O) groups is 1. The number of likely N-dealkylation sites (N-methyl/N-ethyl adjacent to an activating group) is 1. The molecule has 0 heterocycles. The third-order valence-electron chi connectivity index (χ3n) is 1.17. The maximum absolute atomic E-state index is 10.2. The maximum atomic E-state index is 10.2. The van der Waals surface area contributed by atoms with E-state index < -0.39 is 0 Å². The Hall–Kier alpha value is -0.0200. The molecule has 1 atom stereocenters. The molecule has 0 rings (SSSR count). The molecule has 0 aromatic rings. The SMILES string of the molecule is CNC(C=O)CCSC. The van der Waals surface area contributed by atoms with Crippen molar-refractivity contribution in [2.45, 2.75) is 12.5 Å². The average Bonchev–Trinajstić information content (AvgIpc) is 1.91. The molecule has 0 aromatic carbocycles. The number of nitrogens with one attached hydrogen (secondary N) is 1. The quantitative estimate of drug-likeness (QED) is 0.575. The summed E-state index contributed by atoms with van der Waals surface area (Å²) in [5.41, 5.74) is 0. The zero-order valence-electron chi connectivity index (χ0n) is 5.89. The number of carbonyl (C=O) groups excluding carboxylic acids is 1. The third kappa shape index (κ3) is 4.48. The molecular formula is C6H13NOS. The fourth-order valence-corrected chi connectivity index (χ4v) is 1.01. The van der Waals surface area contributed by atoms with Gasteiger partial charge >= 0.3 is 0 Å². The molecule has 1 unspecified atom stereocenters. The summed E-state index contributed by atoms with van der Waals surface area (Å²) in [6.45, 7) is 0. The van der Waals surface area contributed by atoms with E-state index in [0.29, 0.717) is 0 Å². The zero-order valence-corrected chi connectivity index (χ0v) is 6.70. The summed E-state index contributed by atoms with van der Waals surface area (Å²) >= 11 is 1.76. The lowest BCUT2D eigenvalue weighted by atomic mass is 10.3.